The summed E-state index contributed by atoms with van der Waals surface area (Å²) in [5, 5.41) is 0.603. The molecule has 0 spiro atoms. The van der Waals surface area contributed by atoms with Crippen LogP contribution in [-0.4, -0.2) is 12.6 Å². The van der Waals surface area contributed by atoms with Gasteiger partial charge >= 0.3 is 0 Å². The number of nitrogens with two attached hydrogens (primary N) is 1. The van der Waals surface area contributed by atoms with Gasteiger partial charge in [0.05, 0.1) is 12.1 Å². The van der Waals surface area contributed by atoms with Gasteiger partial charge in [-0.25, -0.2) is 0 Å². The minimum absolute atomic E-state index is 0.280. The van der Waals surface area contributed by atoms with Crippen LogP contribution in [0.25, 0.3) is 0 Å². The Bertz CT molecular complexity index is 360. The minimum atomic E-state index is -0.280. The Kier molecular flexibility index (Phi) is 4.04. The summed E-state index contributed by atoms with van der Waals surface area (Å²) >= 11 is 9.47. The van der Waals surface area contributed by atoms with Crippen LogP contribution in [0, 0.1) is 0 Å². The van der Waals surface area contributed by atoms with Crippen molar-refractivity contribution >= 4 is 27.5 Å². The van der Waals surface area contributed by atoms with Crippen LogP contribution in [-0.2, 0) is 6.42 Å². The maximum absolute atomic E-state index is 6.07. The predicted octanol–water partition coefficient (Wildman–Crippen LogP) is 3.39. The lowest BCUT2D eigenvalue weighted by Gasteiger charge is -2.20. The first-order valence-electron chi connectivity index (χ1n) is 4.64. The summed E-state index contributed by atoms with van der Waals surface area (Å²) in [5.74, 6) is 0.707. The molecule has 15 heavy (non-hydrogen) atoms. The molecule has 0 saturated heterocycles. The third-order valence-electron chi connectivity index (χ3n) is 1.94. The van der Waals surface area contributed by atoms with Crippen LogP contribution < -0.4 is 10.5 Å². The smallest absolute Gasteiger partial charge is 0.140 e. The van der Waals surface area contributed by atoms with Crippen molar-refractivity contribution in [2.45, 2.75) is 25.8 Å². The maximum Gasteiger partial charge on any atom is 0.140 e. The molecule has 0 radical (unpaired) electrons. The molecule has 0 fully saturated rings. The molecule has 2 nitrogen and oxygen atoms in total. The summed E-state index contributed by atoms with van der Waals surface area (Å²) < 4.78 is 6.21. The van der Waals surface area contributed by atoms with Crippen molar-refractivity contribution in [1.29, 1.82) is 0 Å². The Morgan fingerprint density at radius 3 is 2.53 bits per heavy atom. The van der Waals surface area contributed by atoms with E-state index in [0.717, 1.165) is 16.5 Å². The van der Waals surface area contributed by atoms with Gasteiger partial charge in [0.25, 0.3) is 0 Å². The second-order valence-corrected chi connectivity index (χ2v) is 5.57. The van der Waals surface area contributed by atoms with Gasteiger partial charge in [-0.05, 0) is 38.0 Å². The van der Waals surface area contributed by atoms with Crippen molar-refractivity contribution in [1.82, 2.24) is 0 Å². The van der Waals surface area contributed by atoms with Gasteiger partial charge < -0.3 is 10.5 Å². The van der Waals surface area contributed by atoms with E-state index in [1.807, 2.05) is 26.0 Å². The van der Waals surface area contributed by atoms with Gasteiger partial charge in [-0.1, -0.05) is 27.5 Å². The lowest BCUT2D eigenvalue weighted by atomic mass is 9.96. The highest BCUT2D eigenvalue weighted by Crippen LogP contribution is 2.33. The summed E-state index contributed by atoms with van der Waals surface area (Å²) in [6.45, 7) is 3.95. The minimum Gasteiger partial charge on any atom is -0.495 e. The molecule has 1 aromatic rings. The van der Waals surface area contributed by atoms with E-state index in [9.17, 15) is 0 Å². The highest BCUT2D eigenvalue weighted by atomic mass is 79.9. The largest absolute Gasteiger partial charge is 0.495 e. The monoisotopic (exact) mass is 291 g/mol. The highest BCUT2D eigenvalue weighted by molar-refractivity contribution is 9.10. The third-order valence-corrected chi connectivity index (χ3v) is 2.67. The molecule has 1 aromatic carbocycles. The number of methoxy groups -OCH3 is 1. The fraction of sp³-hybridized carbons (Fsp3) is 0.455. The molecule has 0 aliphatic carbocycles. The topological polar surface area (TPSA) is 35.2 Å². The molecule has 0 saturated carbocycles. The highest BCUT2D eigenvalue weighted by Gasteiger charge is 2.17. The standard InChI is InChI=1S/C11H15BrClNO/c1-11(2,14)6-7-4-8(12)5-9(13)10(7)15-3/h4-5H,6,14H2,1-3H3. The normalized spacial score (nSPS) is 11.6. The Morgan fingerprint density at radius 2 is 2.07 bits per heavy atom. The van der Waals surface area contributed by atoms with E-state index in [0.29, 0.717) is 10.8 Å². The zero-order valence-electron chi connectivity index (χ0n) is 9.10. The number of hydrogen-bond donors (Lipinski definition) is 1. The van der Waals surface area contributed by atoms with Crippen molar-refractivity contribution < 1.29 is 4.74 Å². The van der Waals surface area contributed by atoms with Gasteiger partial charge in [0.2, 0.25) is 0 Å². The molecular formula is C11H15BrClNO. The Morgan fingerprint density at radius 1 is 1.47 bits per heavy atom. The van der Waals surface area contributed by atoms with Crippen molar-refractivity contribution in [3.8, 4) is 5.75 Å². The molecule has 0 aromatic heterocycles. The lowest BCUT2D eigenvalue weighted by Crippen LogP contribution is -2.34. The maximum atomic E-state index is 6.07. The first-order chi connectivity index (χ1) is 6.83. The molecule has 2 N–H and O–H groups in total. The zero-order chi connectivity index (χ0) is 11.6. The molecule has 1 rings (SSSR count). The summed E-state index contributed by atoms with van der Waals surface area (Å²) in [4.78, 5) is 0. The van der Waals surface area contributed by atoms with E-state index in [2.05, 4.69) is 15.9 Å². The average Bonchev–Trinajstić information content (AvgIpc) is 1.99. The average molecular weight is 293 g/mol. The molecule has 4 heteroatoms. The van der Waals surface area contributed by atoms with E-state index in [1.54, 1.807) is 7.11 Å². The van der Waals surface area contributed by atoms with Crippen LogP contribution in [0.1, 0.15) is 19.4 Å². The Labute approximate surface area is 104 Å². The van der Waals surface area contributed by atoms with Crippen LogP contribution in [0.4, 0.5) is 0 Å². The van der Waals surface area contributed by atoms with E-state index in [4.69, 9.17) is 22.1 Å². The van der Waals surface area contributed by atoms with Gasteiger partial charge in [0, 0.05) is 10.0 Å². The molecule has 0 aliphatic heterocycles. The van der Waals surface area contributed by atoms with Crippen LogP contribution >= 0.6 is 27.5 Å². The molecule has 0 unspecified atom stereocenters. The molecule has 84 valence electrons. The first-order valence-corrected chi connectivity index (χ1v) is 5.81. The van der Waals surface area contributed by atoms with Crippen molar-refractivity contribution in [2.24, 2.45) is 5.73 Å². The molecule has 0 amide bonds. The Balaban J connectivity index is 3.15. The number of halogens is 2. The van der Waals surface area contributed by atoms with Crippen LogP contribution in [0.3, 0.4) is 0 Å². The van der Waals surface area contributed by atoms with Gasteiger partial charge in [-0.3, -0.25) is 0 Å². The number of benzene rings is 1. The molecule has 0 aliphatic rings. The summed E-state index contributed by atoms with van der Waals surface area (Å²) in [7, 11) is 1.61. The van der Waals surface area contributed by atoms with Crippen molar-refractivity contribution in [3.05, 3.63) is 27.2 Å². The number of ether oxygens (including phenoxy) is 1. The summed E-state index contributed by atoms with van der Waals surface area (Å²) in [5.41, 5.74) is 6.71. The molecular weight excluding hydrogens is 277 g/mol. The number of hydrogen-bond acceptors (Lipinski definition) is 2. The SMILES string of the molecule is COc1c(Cl)cc(Br)cc1CC(C)(C)N. The number of rotatable bonds is 3. The molecule has 0 heterocycles. The van der Waals surface area contributed by atoms with E-state index in [1.165, 1.54) is 0 Å². The van der Waals surface area contributed by atoms with Crippen molar-refractivity contribution in [3.63, 3.8) is 0 Å². The fourth-order valence-corrected chi connectivity index (χ4v) is 2.42. The molecule has 0 bridgehead atoms. The van der Waals surface area contributed by atoms with E-state index in [-0.39, 0.29) is 5.54 Å². The van der Waals surface area contributed by atoms with Crippen LogP contribution in [0.5, 0.6) is 5.75 Å². The zero-order valence-corrected chi connectivity index (χ0v) is 11.4. The van der Waals surface area contributed by atoms with Crippen molar-refractivity contribution in [2.75, 3.05) is 7.11 Å². The first kappa shape index (κ1) is 12.8. The quantitative estimate of drug-likeness (QED) is 0.927. The van der Waals surface area contributed by atoms with Gasteiger partial charge in [-0.15, -0.1) is 0 Å². The third kappa shape index (κ3) is 3.67. The lowest BCUT2D eigenvalue weighted by molar-refractivity contribution is 0.402. The van der Waals surface area contributed by atoms with Gasteiger partial charge in [0.15, 0.2) is 0 Å². The summed E-state index contributed by atoms with van der Waals surface area (Å²) in [6.07, 6.45) is 0.718. The van der Waals surface area contributed by atoms with E-state index < -0.39 is 0 Å². The summed E-state index contributed by atoms with van der Waals surface area (Å²) in [6, 6.07) is 3.80. The second kappa shape index (κ2) is 4.73. The molecule has 0 atom stereocenters. The van der Waals surface area contributed by atoms with Crippen LogP contribution in [0.15, 0.2) is 16.6 Å². The second-order valence-electron chi connectivity index (χ2n) is 4.25. The van der Waals surface area contributed by atoms with Gasteiger partial charge in [-0.2, -0.15) is 0 Å². The fourth-order valence-electron chi connectivity index (χ4n) is 1.46. The Hall–Kier alpha value is -0.250. The van der Waals surface area contributed by atoms with Gasteiger partial charge in [0.1, 0.15) is 5.75 Å². The van der Waals surface area contributed by atoms with E-state index >= 15 is 0 Å². The predicted molar refractivity (Wildman–Crippen MR) is 67.7 cm³/mol. The van der Waals surface area contributed by atoms with Crippen LogP contribution in [0.2, 0.25) is 5.02 Å².